The first-order valence-electron chi connectivity index (χ1n) is 0. The summed E-state index contributed by atoms with van der Waals surface area (Å²) in [7, 11) is 0. The maximum Gasteiger partial charge on any atom is 1.00 e. The molecule has 16 valence electrons. The van der Waals surface area contributed by atoms with Crippen molar-refractivity contribution in [1.29, 1.82) is 0 Å². The third-order valence-electron chi connectivity index (χ3n) is 0. The van der Waals surface area contributed by atoms with Crippen molar-refractivity contribution in [2.45, 2.75) is 0 Å². The Morgan fingerprint density at radius 2 is 0.750 bits per heavy atom. The summed E-state index contributed by atoms with van der Waals surface area (Å²) in [5.74, 6) is 0. The predicted octanol–water partition coefficient (Wildman–Crippen LogP) is -8.54. The molecule has 0 fully saturated rings. The van der Waals surface area contributed by atoms with Crippen molar-refractivity contribution < 1.29 is 61.7 Å². The fourth-order valence-electron chi connectivity index (χ4n) is 0. The Morgan fingerprint density at radius 1 is 0.750 bits per heavy atom. The summed E-state index contributed by atoms with van der Waals surface area (Å²) in [6.45, 7) is 0. The predicted molar refractivity (Wildman–Crippen MR) is 6.41 cm³/mol. The largest absolute Gasteiger partial charge is 1.00 e. The van der Waals surface area contributed by atoms with Crippen LogP contribution in [-0.4, -0.2) is 0 Å². The summed E-state index contributed by atoms with van der Waals surface area (Å²) >= 11 is 0. The first-order valence-corrected chi connectivity index (χ1v) is 0. The topological polar surface area (TPSA) is 0 Å². The molecule has 0 aromatic carbocycles. The Kier molecular flexibility index (Phi) is 199. The van der Waals surface area contributed by atoms with Crippen LogP contribution in [-0.2, 0) is 0 Å². The van der Waals surface area contributed by atoms with Crippen LogP contribution in [0.4, 0.5) is 0 Å². The molecule has 0 radical (unpaired) electrons. The molecule has 0 spiro atoms. The zero-order valence-corrected chi connectivity index (χ0v) is 5.54. The van der Waals surface area contributed by atoms with E-state index in [0.29, 0.717) is 0 Å². The second-order valence-corrected chi connectivity index (χ2v) is 0. The average molecular weight is 156 g/mol. The molecule has 0 saturated heterocycles. The molecule has 0 nitrogen and oxygen atoms in total. The second-order valence-electron chi connectivity index (χ2n) is 0. The van der Waals surface area contributed by atoms with Gasteiger partial charge in [-0.1, -0.05) is 0 Å². The Morgan fingerprint density at radius 3 is 0.750 bits per heavy atom. The quantitative estimate of drug-likeness (QED) is 0.185. The van der Waals surface area contributed by atoms with Gasteiger partial charge in [-0.2, -0.15) is 0 Å². The van der Waals surface area contributed by atoms with Crippen LogP contribution in [0.1, 0.15) is 0 Å². The Hall–Kier alpha value is 1.92. The van der Waals surface area contributed by atoms with Gasteiger partial charge in [-0.05, 0) is 0 Å². The van der Waals surface area contributed by atoms with Gasteiger partial charge in [-0.15, -0.1) is 0 Å². The molecule has 0 aliphatic heterocycles. The molecule has 0 amide bonds. The molecule has 0 saturated carbocycles. The number of hydrogen-bond donors (Lipinski definition) is 0. The minimum atomic E-state index is 0. The summed E-state index contributed by atoms with van der Waals surface area (Å²) in [5.41, 5.74) is 0. The van der Waals surface area contributed by atoms with Crippen LogP contribution >= 0.6 is 0 Å². The van der Waals surface area contributed by atoms with Gasteiger partial charge in [-0.25, -0.2) is 0 Å². The Bertz CT molecular complexity index is 6.00. The van der Waals surface area contributed by atoms with Crippen LogP contribution in [0.5, 0.6) is 0 Å². The first-order chi connectivity index (χ1) is 0. The van der Waals surface area contributed by atoms with Gasteiger partial charge < -0.3 is 31.4 Å². The smallest absolute Gasteiger partial charge is 1.00 e. The molecule has 0 atom stereocenters. The average Bonchev–Trinajstić information content (AvgIpc) is 0. The number of halogens is 1. The van der Waals surface area contributed by atoms with Gasteiger partial charge in [0.1, 0.15) is 0 Å². The minimum Gasteiger partial charge on any atom is -1.00 e. The standard InChI is InChI=1S/CH3.HI.2Li/h1H3;1H;;/q-1;;2*+1/p-1. The molecule has 0 heterocycles. The molecule has 3 heteroatoms. The maximum absolute atomic E-state index is 0. The third kappa shape index (κ3) is 9.06. The van der Waals surface area contributed by atoms with Gasteiger partial charge in [0, 0.05) is 0 Å². The first kappa shape index (κ1) is 38.8. The van der Waals surface area contributed by atoms with Crippen molar-refractivity contribution >= 4 is 0 Å². The van der Waals surface area contributed by atoms with Gasteiger partial charge in [0.2, 0.25) is 0 Å². The molecule has 0 aliphatic carbocycles. The monoisotopic (exact) mass is 156 g/mol. The Labute approximate surface area is 68.5 Å². The molecule has 0 unspecified atom stereocenters. The molecule has 0 bridgehead atoms. The molecular formula is CH3ILi2. The van der Waals surface area contributed by atoms with E-state index >= 15 is 0 Å². The fourth-order valence-corrected chi connectivity index (χ4v) is 0. The summed E-state index contributed by atoms with van der Waals surface area (Å²) in [6, 6.07) is 0. The van der Waals surface area contributed by atoms with Crippen LogP contribution in [0.3, 0.4) is 0 Å². The normalized spacial score (nSPS) is 0. The van der Waals surface area contributed by atoms with Crippen molar-refractivity contribution in [1.82, 2.24) is 0 Å². The SMILES string of the molecule is [CH3-].[I-].[Li+].[Li+]. The third-order valence-corrected chi connectivity index (χ3v) is 0. The van der Waals surface area contributed by atoms with E-state index in [4.69, 9.17) is 0 Å². The van der Waals surface area contributed by atoms with E-state index in [0.717, 1.165) is 0 Å². The van der Waals surface area contributed by atoms with E-state index in [1.807, 2.05) is 0 Å². The number of hydrogen-bond acceptors (Lipinski definition) is 0. The van der Waals surface area contributed by atoms with E-state index in [1.165, 1.54) is 0 Å². The van der Waals surface area contributed by atoms with E-state index < -0.39 is 0 Å². The van der Waals surface area contributed by atoms with Crippen LogP contribution < -0.4 is 61.7 Å². The van der Waals surface area contributed by atoms with Crippen molar-refractivity contribution in [3.63, 3.8) is 0 Å². The molecule has 4 heavy (non-hydrogen) atoms. The zero-order valence-electron chi connectivity index (χ0n) is 3.38. The van der Waals surface area contributed by atoms with Crippen molar-refractivity contribution in [3.05, 3.63) is 7.43 Å². The van der Waals surface area contributed by atoms with Gasteiger partial charge in [0.25, 0.3) is 0 Å². The second kappa shape index (κ2) is 20.5. The van der Waals surface area contributed by atoms with Gasteiger partial charge in [0.15, 0.2) is 0 Å². The minimum absolute atomic E-state index is 0. The Balaban J connectivity index is 0. The van der Waals surface area contributed by atoms with Gasteiger partial charge in [-0.3, -0.25) is 0 Å². The van der Waals surface area contributed by atoms with Crippen LogP contribution in [0.25, 0.3) is 0 Å². The van der Waals surface area contributed by atoms with Crippen LogP contribution in [0, 0.1) is 7.43 Å². The summed E-state index contributed by atoms with van der Waals surface area (Å²) in [4.78, 5) is 0. The van der Waals surface area contributed by atoms with E-state index in [1.54, 1.807) is 0 Å². The van der Waals surface area contributed by atoms with E-state index in [9.17, 15) is 0 Å². The molecular weight excluding hydrogens is 153 g/mol. The molecule has 0 aliphatic rings. The van der Waals surface area contributed by atoms with Crippen molar-refractivity contribution in [2.24, 2.45) is 0 Å². The molecule has 0 aromatic rings. The van der Waals surface area contributed by atoms with Crippen molar-refractivity contribution in [2.75, 3.05) is 0 Å². The molecule has 0 aromatic heterocycles. The fraction of sp³-hybridized carbons (Fsp3) is 0. The maximum atomic E-state index is 0. The van der Waals surface area contributed by atoms with Crippen LogP contribution in [0.15, 0.2) is 0 Å². The summed E-state index contributed by atoms with van der Waals surface area (Å²) < 4.78 is 0. The molecule has 0 N–H and O–H groups in total. The van der Waals surface area contributed by atoms with E-state index in [-0.39, 0.29) is 69.1 Å². The summed E-state index contributed by atoms with van der Waals surface area (Å²) in [5, 5.41) is 0. The van der Waals surface area contributed by atoms with Crippen LogP contribution in [0.2, 0.25) is 0 Å². The summed E-state index contributed by atoms with van der Waals surface area (Å²) in [6.07, 6.45) is 0. The van der Waals surface area contributed by atoms with Gasteiger partial charge >= 0.3 is 37.7 Å². The van der Waals surface area contributed by atoms with E-state index in [2.05, 4.69) is 0 Å². The van der Waals surface area contributed by atoms with Gasteiger partial charge in [0.05, 0.1) is 0 Å². The molecule has 0 rings (SSSR count). The van der Waals surface area contributed by atoms with Crippen molar-refractivity contribution in [3.8, 4) is 0 Å². The zero-order chi connectivity index (χ0) is 0. The number of rotatable bonds is 0.